The first-order chi connectivity index (χ1) is 11.4. The number of halogens is 1. The van der Waals surface area contributed by atoms with Crippen LogP contribution in [0.15, 0.2) is 18.2 Å². The van der Waals surface area contributed by atoms with Crippen LogP contribution in [0.3, 0.4) is 0 Å². The average Bonchev–Trinajstić information content (AvgIpc) is 2.57. The van der Waals surface area contributed by atoms with Gasteiger partial charge in [-0.3, -0.25) is 9.64 Å². The number of nitrogens with one attached hydrogen (secondary N) is 1. The summed E-state index contributed by atoms with van der Waals surface area (Å²) in [7, 11) is 0. The molecule has 0 aliphatic carbocycles. The lowest BCUT2D eigenvalue weighted by Gasteiger charge is -2.26. The van der Waals surface area contributed by atoms with Crippen molar-refractivity contribution in [2.24, 2.45) is 0 Å². The molecule has 0 atom stereocenters. The number of ether oxygens (including phenoxy) is 1. The van der Waals surface area contributed by atoms with E-state index in [-0.39, 0.29) is 11.7 Å². The largest absolute Gasteiger partial charge is 0.378 e. The first-order valence-corrected chi connectivity index (χ1v) is 8.22. The van der Waals surface area contributed by atoms with E-state index >= 15 is 0 Å². The van der Waals surface area contributed by atoms with Gasteiger partial charge in [0, 0.05) is 39.0 Å². The van der Waals surface area contributed by atoms with E-state index in [4.69, 9.17) is 11.3 Å². The number of benzene rings is 1. The van der Waals surface area contributed by atoms with Crippen LogP contribution in [0.2, 0.25) is 0 Å². The van der Waals surface area contributed by atoms with Crippen molar-refractivity contribution >= 4 is 11.6 Å². The zero-order valence-corrected chi connectivity index (χ0v) is 14.3. The summed E-state index contributed by atoms with van der Waals surface area (Å²) >= 11 is 0. The standard InChI is InChI=1S/C18H24FN3O2/c1-18(2,20-3)21-15-8-7-14(16(19)13-15)5-4-6-17(23)22-9-11-24-12-10-22/h7-8,13,21H,4-6,9-12H2,1-2H3. The number of carbonyl (C=O) groups is 1. The Balaban J connectivity index is 1.84. The quantitative estimate of drug-likeness (QED) is 0.814. The highest BCUT2D eigenvalue weighted by molar-refractivity contribution is 5.76. The van der Waals surface area contributed by atoms with E-state index in [9.17, 15) is 9.18 Å². The zero-order chi connectivity index (χ0) is 17.6. The van der Waals surface area contributed by atoms with Crippen LogP contribution in [0.4, 0.5) is 10.1 Å². The van der Waals surface area contributed by atoms with E-state index in [2.05, 4.69) is 10.2 Å². The fourth-order valence-corrected chi connectivity index (χ4v) is 2.61. The summed E-state index contributed by atoms with van der Waals surface area (Å²) in [5, 5.41) is 2.99. The summed E-state index contributed by atoms with van der Waals surface area (Å²) in [5.74, 6) is -0.199. The van der Waals surface area contributed by atoms with Crippen molar-refractivity contribution in [3.8, 4) is 0 Å². The minimum absolute atomic E-state index is 0.107. The van der Waals surface area contributed by atoms with Gasteiger partial charge < -0.3 is 15.0 Å². The summed E-state index contributed by atoms with van der Waals surface area (Å²) < 4.78 is 19.4. The molecule has 0 bridgehead atoms. The van der Waals surface area contributed by atoms with Gasteiger partial charge in [-0.25, -0.2) is 11.0 Å². The van der Waals surface area contributed by atoms with E-state index in [1.165, 1.54) is 6.07 Å². The molecule has 2 rings (SSSR count). The van der Waals surface area contributed by atoms with Crippen molar-refractivity contribution in [2.45, 2.75) is 38.8 Å². The highest BCUT2D eigenvalue weighted by atomic mass is 19.1. The minimum Gasteiger partial charge on any atom is -0.378 e. The monoisotopic (exact) mass is 333 g/mol. The Morgan fingerprint density at radius 3 is 2.75 bits per heavy atom. The van der Waals surface area contributed by atoms with Gasteiger partial charge in [0.1, 0.15) is 5.82 Å². The van der Waals surface area contributed by atoms with Crippen LogP contribution in [-0.2, 0) is 16.0 Å². The third kappa shape index (κ3) is 5.20. The second-order valence-corrected chi connectivity index (χ2v) is 6.45. The Morgan fingerprint density at radius 2 is 2.12 bits per heavy atom. The molecule has 6 heteroatoms. The number of rotatable bonds is 6. The molecule has 0 aromatic heterocycles. The Bertz CT molecular complexity index is 619. The first kappa shape index (κ1) is 18.2. The van der Waals surface area contributed by atoms with E-state index in [0.717, 1.165) is 0 Å². The molecule has 1 heterocycles. The number of morpholine rings is 1. The van der Waals surface area contributed by atoms with Crippen molar-refractivity contribution in [1.82, 2.24) is 4.90 Å². The highest BCUT2D eigenvalue weighted by Crippen LogP contribution is 2.20. The van der Waals surface area contributed by atoms with Crippen molar-refractivity contribution < 1.29 is 13.9 Å². The Morgan fingerprint density at radius 1 is 1.42 bits per heavy atom. The lowest BCUT2D eigenvalue weighted by Crippen LogP contribution is -2.40. The van der Waals surface area contributed by atoms with Gasteiger partial charge in [-0.1, -0.05) is 6.07 Å². The molecule has 0 saturated carbocycles. The molecular formula is C18H24FN3O2. The molecule has 0 spiro atoms. The molecule has 1 N–H and O–H groups in total. The molecule has 1 saturated heterocycles. The van der Waals surface area contributed by atoms with E-state index in [1.807, 2.05) is 0 Å². The molecule has 24 heavy (non-hydrogen) atoms. The molecule has 0 unspecified atom stereocenters. The normalized spacial score (nSPS) is 15.0. The second kappa shape index (κ2) is 8.11. The lowest BCUT2D eigenvalue weighted by molar-refractivity contribution is -0.135. The van der Waals surface area contributed by atoms with Crippen LogP contribution in [0.25, 0.3) is 4.85 Å². The van der Waals surface area contributed by atoms with Crippen LogP contribution in [0, 0.1) is 12.4 Å². The zero-order valence-electron chi connectivity index (χ0n) is 14.3. The van der Waals surface area contributed by atoms with Crippen LogP contribution >= 0.6 is 0 Å². The Labute approximate surface area is 142 Å². The van der Waals surface area contributed by atoms with E-state index in [1.54, 1.807) is 30.9 Å². The lowest BCUT2D eigenvalue weighted by atomic mass is 10.1. The third-order valence-electron chi connectivity index (χ3n) is 3.98. The maximum atomic E-state index is 14.2. The fraction of sp³-hybridized carbons (Fsp3) is 0.556. The maximum absolute atomic E-state index is 14.2. The van der Waals surface area contributed by atoms with Crippen LogP contribution in [0.1, 0.15) is 32.3 Å². The van der Waals surface area contributed by atoms with Crippen LogP contribution in [0.5, 0.6) is 0 Å². The molecule has 1 aliphatic rings. The Hall–Kier alpha value is -2.13. The number of amides is 1. The molecular weight excluding hydrogens is 309 g/mol. The predicted molar refractivity (Wildman–Crippen MR) is 91.0 cm³/mol. The third-order valence-corrected chi connectivity index (χ3v) is 3.98. The number of carbonyl (C=O) groups excluding carboxylic acids is 1. The number of anilines is 1. The van der Waals surface area contributed by atoms with Gasteiger partial charge in [-0.15, -0.1) is 0 Å². The summed E-state index contributed by atoms with van der Waals surface area (Å²) in [4.78, 5) is 17.3. The SMILES string of the molecule is [C-]#[N+]C(C)(C)Nc1ccc(CCCC(=O)N2CCOCC2)c(F)c1. The molecule has 1 aromatic carbocycles. The van der Waals surface area contributed by atoms with E-state index in [0.29, 0.717) is 56.8 Å². The van der Waals surface area contributed by atoms with Crippen LogP contribution in [-0.4, -0.2) is 42.8 Å². The van der Waals surface area contributed by atoms with Crippen LogP contribution < -0.4 is 5.32 Å². The van der Waals surface area contributed by atoms with Gasteiger partial charge in [0.05, 0.1) is 13.2 Å². The van der Waals surface area contributed by atoms with Gasteiger partial charge in [-0.05, 0) is 30.5 Å². The average molecular weight is 333 g/mol. The predicted octanol–water partition coefficient (Wildman–Crippen LogP) is 3.07. The number of hydrogen-bond acceptors (Lipinski definition) is 3. The molecule has 0 radical (unpaired) electrons. The fourth-order valence-electron chi connectivity index (χ4n) is 2.61. The summed E-state index contributed by atoms with van der Waals surface area (Å²) in [6.07, 6.45) is 1.56. The highest BCUT2D eigenvalue weighted by Gasteiger charge is 2.22. The molecule has 1 aromatic rings. The molecule has 5 nitrogen and oxygen atoms in total. The van der Waals surface area contributed by atoms with E-state index < -0.39 is 5.66 Å². The first-order valence-electron chi connectivity index (χ1n) is 8.22. The van der Waals surface area contributed by atoms with Gasteiger partial charge in [0.2, 0.25) is 5.91 Å². The number of aryl methyl sites for hydroxylation is 1. The van der Waals surface area contributed by atoms with Crippen molar-refractivity contribution in [2.75, 3.05) is 31.6 Å². The van der Waals surface area contributed by atoms with Crippen molar-refractivity contribution in [1.29, 1.82) is 0 Å². The molecule has 1 aliphatic heterocycles. The maximum Gasteiger partial charge on any atom is 0.299 e. The number of hydrogen-bond donors (Lipinski definition) is 1. The van der Waals surface area contributed by atoms with Gasteiger partial charge in [0.15, 0.2) is 0 Å². The topological polar surface area (TPSA) is 45.9 Å². The summed E-state index contributed by atoms with van der Waals surface area (Å²) in [6, 6.07) is 4.90. The minimum atomic E-state index is -0.765. The smallest absolute Gasteiger partial charge is 0.299 e. The van der Waals surface area contributed by atoms with Crippen molar-refractivity contribution in [3.05, 3.63) is 41.0 Å². The summed E-state index contributed by atoms with van der Waals surface area (Å²) in [5.41, 5.74) is 0.413. The molecule has 130 valence electrons. The second-order valence-electron chi connectivity index (χ2n) is 6.45. The molecule has 1 amide bonds. The van der Waals surface area contributed by atoms with Gasteiger partial charge in [-0.2, -0.15) is 0 Å². The van der Waals surface area contributed by atoms with Gasteiger partial charge in [0.25, 0.3) is 5.66 Å². The molecule has 1 fully saturated rings. The summed E-state index contributed by atoms with van der Waals surface area (Å²) in [6.45, 7) is 13.0. The Kier molecular flexibility index (Phi) is 6.16. The van der Waals surface area contributed by atoms with Crippen molar-refractivity contribution in [3.63, 3.8) is 0 Å². The number of nitrogens with zero attached hydrogens (tertiary/aromatic N) is 2. The van der Waals surface area contributed by atoms with Gasteiger partial charge >= 0.3 is 0 Å².